The third-order valence-corrected chi connectivity index (χ3v) is 3.64. The first kappa shape index (κ1) is 11.8. The van der Waals surface area contributed by atoms with Gasteiger partial charge >= 0.3 is 101 Å². The summed E-state index contributed by atoms with van der Waals surface area (Å²) in [6.07, 6.45) is 3.84. The first-order valence-electron chi connectivity index (χ1n) is 5.25. The molecule has 0 amide bonds. The van der Waals surface area contributed by atoms with E-state index in [1.807, 2.05) is 0 Å². The fraction of sp³-hybridized carbons (Fsp3) is 0.385. The van der Waals surface area contributed by atoms with Gasteiger partial charge in [0, 0.05) is 0 Å². The van der Waals surface area contributed by atoms with Gasteiger partial charge in [0.2, 0.25) is 0 Å². The molecule has 0 heterocycles. The summed E-state index contributed by atoms with van der Waals surface area (Å²) < 4.78 is 1.41. The van der Waals surface area contributed by atoms with E-state index in [1.54, 1.807) is 0 Å². The molecule has 0 saturated heterocycles. The number of hydrogen-bond acceptors (Lipinski definition) is 0. The van der Waals surface area contributed by atoms with Gasteiger partial charge in [0.15, 0.2) is 0 Å². The van der Waals surface area contributed by atoms with Crippen molar-refractivity contribution in [3.63, 3.8) is 0 Å². The first-order valence-corrected chi connectivity index (χ1v) is 6.89. The molecule has 0 N–H and O–H groups in total. The molecule has 1 aromatic rings. The van der Waals surface area contributed by atoms with Crippen molar-refractivity contribution in [2.75, 3.05) is 0 Å². The summed E-state index contributed by atoms with van der Waals surface area (Å²) in [6, 6.07) is 10.8. The van der Waals surface area contributed by atoms with Crippen LogP contribution in [0.5, 0.6) is 0 Å². The second kappa shape index (κ2) is 6.28. The number of allylic oxidation sites excluding steroid dienone is 1. The maximum absolute atomic E-state index is 4.14. The molecule has 0 spiro atoms. The molecule has 0 aliphatic carbocycles. The van der Waals surface area contributed by atoms with Crippen molar-refractivity contribution in [3.05, 3.63) is 46.1 Å². The summed E-state index contributed by atoms with van der Waals surface area (Å²) in [5.41, 5.74) is 1.44. The molecular formula is C13H18Sn. The van der Waals surface area contributed by atoms with E-state index < -0.39 is 0 Å². The fourth-order valence-corrected chi connectivity index (χ4v) is 2.68. The van der Waals surface area contributed by atoms with E-state index in [4.69, 9.17) is 0 Å². The van der Waals surface area contributed by atoms with Crippen molar-refractivity contribution in [1.29, 1.82) is 0 Å². The Balaban J connectivity index is 2.73. The van der Waals surface area contributed by atoms with Crippen LogP contribution < -0.4 is 0 Å². The van der Waals surface area contributed by atoms with Gasteiger partial charge in [-0.15, -0.1) is 0 Å². The normalized spacial score (nSPS) is 12.4. The van der Waals surface area contributed by atoms with Gasteiger partial charge in [-0.1, -0.05) is 0 Å². The van der Waals surface area contributed by atoms with Crippen LogP contribution in [0.25, 0.3) is 0 Å². The second-order valence-corrected chi connectivity index (χ2v) is 5.80. The van der Waals surface area contributed by atoms with Gasteiger partial charge in [-0.3, -0.25) is 0 Å². The number of rotatable bonds is 5. The molecule has 0 saturated carbocycles. The standard InChI is InChI=1S/C13H17.Sn.H/c1-3-5-9-12(4-2)13-10-7-6-8-11-13;;/h6-8,10-12H,2-3,5,9H2,1H3;;. The molecule has 14 heavy (non-hydrogen) atoms. The van der Waals surface area contributed by atoms with Crippen molar-refractivity contribution in [1.82, 2.24) is 0 Å². The number of unbranched alkanes of at least 4 members (excludes halogenated alkanes) is 1. The zero-order valence-corrected chi connectivity index (χ0v) is 12.2. The third kappa shape index (κ3) is 3.49. The molecule has 0 nitrogen and oxygen atoms in total. The van der Waals surface area contributed by atoms with Gasteiger partial charge in [-0.05, 0) is 0 Å². The van der Waals surface area contributed by atoms with Crippen LogP contribution in [0.1, 0.15) is 37.7 Å². The van der Waals surface area contributed by atoms with Crippen LogP contribution in [0, 0.1) is 0 Å². The average Bonchev–Trinajstić information content (AvgIpc) is 2.19. The first-order chi connectivity index (χ1) is 6.75. The van der Waals surface area contributed by atoms with Gasteiger partial charge < -0.3 is 0 Å². The summed E-state index contributed by atoms with van der Waals surface area (Å²) in [4.78, 5) is 0. The van der Waals surface area contributed by atoms with Crippen LogP contribution in [0.3, 0.4) is 0 Å². The Morgan fingerprint density at radius 2 is 2.00 bits per heavy atom. The molecule has 0 fully saturated rings. The van der Waals surface area contributed by atoms with Crippen molar-refractivity contribution in [2.24, 2.45) is 0 Å². The predicted octanol–water partition coefficient (Wildman–Crippen LogP) is 3.37. The maximum atomic E-state index is 4.14. The monoisotopic (exact) mass is 294 g/mol. The summed E-state index contributed by atoms with van der Waals surface area (Å²) in [5, 5.41) is 0. The van der Waals surface area contributed by atoms with E-state index in [-0.39, 0.29) is 0 Å². The van der Waals surface area contributed by atoms with Gasteiger partial charge in [0.25, 0.3) is 0 Å². The third-order valence-electron chi connectivity index (χ3n) is 2.50. The van der Waals surface area contributed by atoms with Crippen LogP contribution in [-0.2, 0) is 0 Å². The van der Waals surface area contributed by atoms with Crippen LogP contribution in [0.2, 0.25) is 0 Å². The quantitative estimate of drug-likeness (QED) is 0.730. The van der Waals surface area contributed by atoms with E-state index in [9.17, 15) is 0 Å². The summed E-state index contributed by atoms with van der Waals surface area (Å²) in [6.45, 7) is 6.39. The van der Waals surface area contributed by atoms with E-state index in [0.717, 1.165) is 0 Å². The Kier molecular flexibility index (Phi) is 5.31. The zero-order valence-electron chi connectivity index (χ0n) is 8.87. The number of benzene rings is 1. The molecule has 1 atom stereocenters. The van der Waals surface area contributed by atoms with Gasteiger partial charge in [0.1, 0.15) is 0 Å². The SMILES string of the molecule is C=[C]([SnH])C(CCCC)c1ccccc1. The van der Waals surface area contributed by atoms with E-state index in [0.29, 0.717) is 5.92 Å². The molecule has 1 unspecified atom stereocenters. The molecular weight excluding hydrogens is 275 g/mol. The Labute approximate surface area is 101 Å². The topological polar surface area (TPSA) is 0 Å². The summed E-state index contributed by atoms with van der Waals surface area (Å²) in [5.74, 6) is 0.610. The van der Waals surface area contributed by atoms with Crippen LogP contribution >= 0.6 is 0 Å². The molecule has 1 heteroatoms. The van der Waals surface area contributed by atoms with Crippen LogP contribution in [-0.4, -0.2) is 22.5 Å². The minimum atomic E-state index is 0.610. The fourth-order valence-electron chi connectivity index (χ4n) is 1.66. The predicted molar refractivity (Wildman–Crippen MR) is 65.0 cm³/mol. The van der Waals surface area contributed by atoms with Crippen molar-refractivity contribution < 1.29 is 0 Å². The molecule has 0 aliphatic heterocycles. The van der Waals surface area contributed by atoms with Gasteiger partial charge in [-0.2, -0.15) is 0 Å². The van der Waals surface area contributed by atoms with Crippen molar-refractivity contribution in [3.8, 4) is 0 Å². The summed E-state index contributed by atoms with van der Waals surface area (Å²) in [7, 11) is 0. The van der Waals surface area contributed by atoms with Gasteiger partial charge in [-0.25, -0.2) is 0 Å². The molecule has 0 bridgehead atoms. The Bertz CT molecular complexity index is 277. The molecule has 0 aliphatic rings. The molecule has 74 valence electrons. The Morgan fingerprint density at radius 3 is 2.50 bits per heavy atom. The molecule has 0 aromatic heterocycles. The van der Waals surface area contributed by atoms with Crippen LogP contribution in [0.15, 0.2) is 40.5 Å². The van der Waals surface area contributed by atoms with E-state index >= 15 is 0 Å². The number of hydrogen-bond donors (Lipinski definition) is 0. The van der Waals surface area contributed by atoms with Gasteiger partial charge in [0.05, 0.1) is 0 Å². The molecule has 1 aromatic carbocycles. The summed E-state index contributed by atoms with van der Waals surface area (Å²) >= 11 is 1.17. The zero-order chi connectivity index (χ0) is 10.4. The van der Waals surface area contributed by atoms with Crippen molar-refractivity contribution >= 4 is 22.5 Å². The average molecular weight is 293 g/mol. The van der Waals surface area contributed by atoms with E-state index in [2.05, 4.69) is 43.8 Å². The van der Waals surface area contributed by atoms with Crippen molar-refractivity contribution in [2.45, 2.75) is 32.1 Å². The Hall–Kier alpha value is -0.241. The minimum absolute atomic E-state index is 0.610. The van der Waals surface area contributed by atoms with Crippen LogP contribution in [0.4, 0.5) is 0 Å². The van der Waals surface area contributed by atoms with E-state index in [1.165, 1.54) is 50.9 Å². The molecule has 1 rings (SSSR count). The molecule has 2 radical (unpaired) electrons. The second-order valence-electron chi connectivity index (χ2n) is 3.68. The Morgan fingerprint density at radius 1 is 1.36 bits per heavy atom.